The number of imide groups is 1. The highest BCUT2D eigenvalue weighted by Crippen LogP contribution is 2.45. The van der Waals surface area contributed by atoms with Crippen LogP contribution >= 0.6 is 0 Å². The summed E-state index contributed by atoms with van der Waals surface area (Å²) < 4.78 is 0. The van der Waals surface area contributed by atoms with E-state index in [2.05, 4.69) is 0 Å². The van der Waals surface area contributed by atoms with Crippen molar-refractivity contribution in [3.63, 3.8) is 0 Å². The van der Waals surface area contributed by atoms with Gasteiger partial charge in [0.1, 0.15) is 0 Å². The molecule has 0 aromatic carbocycles. The predicted molar refractivity (Wildman–Crippen MR) is 69.7 cm³/mol. The lowest BCUT2D eigenvalue weighted by Crippen LogP contribution is -2.44. The van der Waals surface area contributed by atoms with Crippen LogP contribution in [0, 0.1) is 10.8 Å². The molecule has 1 saturated carbocycles. The quantitative estimate of drug-likeness (QED) is 0.777. The Labute approximate surface area is 109 Å². The van der Waals surface area contributed by atoms with Crippen LogP contribution in [0.2, 0.25) is 0 Å². The van der Waals surface area contributed by atoms with Gasteiger partial charge in [0.05, 0.1) is 5.41 Å². The number of hydrogen-bond acceptors (Lipinski definition) is 3. The SMILES string of the molecule is CC(C)(CN)CN1C(=O)CC2(CCCCC2)C1=O. The van der Waals surface area contributed by atoms with Crippen LogP contribution in [-0.4, -0.2) is 29.8 Å². The standard InChI is InChI=1S/C14H24N2O2/c1-13(2,9-15)10-16-11(17)8-14(12(16)18)6-4-3-5-7-14/h3-10,15H2,1-2H3. The zero-order valence-electron chi connectivity index (χ0n) is 11.5. The zero-order chi connectivity index (χ0) is 13.4. The fourth-order valence-corrected chi connectivity index (χ4v) is 3.13. The van der Waals surface area contributed by atoms with E-state index in [0.717, 1.165) is 25.7 Å². The lowest BCUT2D eigenvalue weighted by molar-refractivity contribution is -0.143. The molecule has 1 spiro atoms. The molecule has 0 atom stereocenters. The van der Waals surface area contributed by atoms with Crippen LogP contribution in [0.4, 0.5) is 0 Å². The van der Waals surface area contributed by atoms with E-state index in [1.165, 1.54) is 11.3 Å². The highest BCUT2D eigenvalue weighted by Gasteiger charge is 2.52. The van der Waals surface area contributed by atoms with Crippen molar-refractivity contribution in [2.24, 2.45) is 16.6 Å². The van der Waals surface area contributed by atoms with E-state index < -0.39 is 0 Å². The van der Waals surface area contributed by atoms with Gasteiger partial charge in [-0.15, -0.1) is 0 Å². The van der Waals surface area contributed by atoms with Gasteiger partial charge >= 0.3 is 0 Å². The molecule has 4 nitrogen and oxygen atoms in total. The van der Waals surface area contributed by atoms with Crippen molar-refractivity contribution in [2.75, 3.05) is 13.1 Å². The fourth-order valence-electron chi connectivity index (χ4n) is 3.13. The maximum Gasteiger partial charge on any atom is 0.235 e. The Morgan fingerprint density at radius 3 is 2.39 bits per heavy atom. The normalized spacial score (nSPS) is 24.1. The maximum absolute atomic E-state index is 12.6. The second-order valence-corrected chi connectivity index (χ2v) is 6.67. The second kappa shape index (κ2) is 4.65. The number of carbonyl (C=O) groups excluding carboxylic acids is 2. The number of nitrogens with zero attached hydrogens (tertiary/aromatic N) is 1. The molecule has 0 bridgehead atoms. The number of rotatable bonds is 3. The van der Waals surface area contributed by atoms with Gasteiger partial charge in [0.15, 0.2) is 0 Å². The number of carbonyl (C=O) groups is 2. The lowest BCUT2D eigenvalue weighted by Gasteiger charge is -2.32. The Kier molecular flexibility index (Phi) is 3.49. The number of amides is 2. The van der Waals surface area contributed by atoms with Gasteiger partial charge in [-0.05, 0) is 24.8 Å². The Balaban J connectivity index is 2.14. The van der Waals surface area contributed by atoms with Gasteiger partial charge in [0.25, 0.3) is 0 Å². The molecule has 2 rings (SSSR count). The largest absolute Gasteiger partial charge is 0.330 e. The van der Waals surface area contributed by atoms with Crippen molar-refractivity contribution in [3.8, 4) is 0 Å². The number of likely N-dealkylation sites (tertiary alicyclic amines) is 1. The third kappa shape index (κ3) is 2.30. The smallest absolute Gasteiger partial charge is 0.235 e. The molecule has 1 heterocycles. The van der Waals surface area contributed by atoms with Gasteiger partial charge in [0, 0.05) is 13.0 Å². The number of nitrogens with two attached hydrogens (primary N) is 1. The predicted octanol–water partition coefficient (Wildman–Crippen LogP) is 1.68. The van der Waals surface area contributed by atoms with E-state index in [-0.39, 0.29) is 22.6 Å². The molecule has 2 N–H and O–H groups in total. The Morgan fingerprint density at radius 1 is 1.22 bits per heavy atom. The van der Waals surface area contributed by atoms with Crippen molar-refractivity contribution in [3.05, 3.63) is 0 Å². The Hall–Kier alpha value is -0.900. The minimum Gasteiger partial charge on any atom is -0.330 e. The molecule has 2 aliphatic rings. The first-order chi connectivity index (χ1) is 8.40. The molecule has 102 valence electrons. The minimum absolute atomic E-state index is 0.00317. The van der Waals surface area contributed by atoms with E-state index in [9.17, 15) is 9.59 Å². The van der Waals surface area contributed by atoms with Gasteiger partial charge in [0.2, 0.25) is 11.8 Å². The second-order valence-electron chi connectivity index (χ2n) is 6.67. The maximum atomic E-state index is 12.6. The minimum atomic E-state index is -0.361. The van der Waals surface area contributed by atoms with E-state index >= 15 is 0 Å². The summed E-state index contributed by atoms with van der Waals surface area (Å²) in [5, 5.41) is 0. The molecule has 1 aliphatic heterocycles. The van der Waals surface area contributed by atoms with Gasteiger partial charge in [-0.3, -0.25) is 14.5 Å². The van der Waals surface area contributed by atoms with Crippen molar-refractivity contribution < 1.29 is 9.59 Å². The molecule has 4 heteroatoms. The molecule has 2 fully saturated rings. The first kappa shape index (κ1) is 13.5. The molecule has 0 aromatic heterocycles. The molecule has 1 aliphatic carbocycles. The molecule has 18 heavy (non-hydrogen) atoms. The summed E-state index contributed by atoms with van der Waals surface area (Å²) in [7, 11) is 0. The fraction of sp³-hybridized carbons (Fsp3) is 0.857. The molecule has 0 aromatic rings. The van der Waals surface area contributed by atoms with E-state index in [1.54, 1.807) is 0 Å². The molecule has 2 amide bonds. The van der Waals surface area contributed by atoms with Gasteiger partial charge < -0.3 is 5.73 Å². The molecular formula is C14H24N2O2. The van der Waals surface area contributed by atoms with E-state index in [0.29, 0.717) is 19.5 Å². The Bertz CT molecular complexity index is 357. The summed E-state index contributed by atoms with van der Waals surface area (Å²) in [5.41, 5.74) is 5.15. The average Bonchev–Trinajstić information content (AvgIpc) is 2.55. The van der Waals surface area contributed by atoms with E-state index in [1.807, 2.05) is 13.8 Å². The van der Waals surface area contributed by atoms with Crippen molar-refractivity contribution in [1.82, 2.24) is 4.90 Å². The van der Waals surface area contributed by atoms with Crippen LogP contribution in [-0.2, 0) is 9.59 Å². The third-order valence-corrected chi connectivity index (χ3v) is 4.44. The first-order valence-electron chi connectivity index (χ1n) is 6.95. The van der Waals surface area contributed by atoms with Crippen LogP contribution < -0.4 is 5.73 Å². The van der Waals surface area contributed by atoms with Crippen LogP contribution in [0.5, 0.6) is 0 Å². The average molecular weight is 252 g/mol. The van der Waals surface area contributed by atoms with Crippen LogP contribution in [0.3, 0.4) is 0 Å². The topological polar surface area (TPSA) is 63.4 Å². The summed E-state index contributed by atoms with van der Waals surface area (Å²) in [4.78, 5) is 26.1. The van der Waals surface area contributed by atoms with Crippen LogP contribution in [0.1, 0.15) is 52.4 Å². The monoisotopic (exact) mass is 252 g/mol. The van der Waals surface area contributed by atoms with Crippen molar-refractivity contribution in [2.45, 2.75) is 52.4 Å². The highest BCUT2D eigenvalue weighted by atomic mass is 16.2. The van der Waals surface area contributed by atoms with Gasteiger partial charge in [-0.2, -0.15) is 0 Å². The Morgan fingerprint density at radius 2 is 1.83 bits per heavy atom. The highest BCUT2D eigenvalue weighted by molar-refractivity contribution is 6.06. The van der Waals surface area contributed by atoms with Crippen molar-refractivity contribution >= 4 is 11.8 Å². The molecule has 1 saturated heterocycles. The molecular weight excluding hydrogens is 228 g/mol. The van der Waals surface area contributed by atoms with Gasteiger partial charge in [-0.1, -0.05) is 33.1 Å². The van der Waals surface area contributed by atoms with Gasteiger partial charge in [-0.25, -0.2) is 0 Å². The van der Waals surface area contributed by atoms with E-state index in [4.69, 9.17) is 5.73 Å². The lowest BCUT2D eigenvalue weighted by atomic mass is 9.73. The zero-order valence-corrected chi connectivity index (χ0v) is 11.5. The number of hydrogen-bond donors (Lipinski definition) is 1. The van der Waals surface area contributed by atoms with Crippen LogP contribution in [0.25, 0.3) is 0 Å². The first-order valence-corrected chi connectivity index (χ1v) is 6.95. The van der Waals surface area contributed by atoms with Crippen LogP contribution in [0.15, 0.2) is 0 Å². The summed E-state index contributed by atoms with van der Waals surface area (Å²) in [6, 6.07) is 0. The third-order valence-electron chi connectivity index (χ3n) is 4.44. The summed E-state index contributed by atoms with van der Waals surface area (Å²) >= 11 is 0. The molecule has 0 unspecified atom stereocenters. The summed E-state index contributed by atoms with van der Waals surface area (Å²) in [6.45, 7) is 4.94. The van der Waals surface area contributed by atoms with Crippen molar-refractivity contribution in [1.29, 1.82) is 0 Å². The summed E-state index contributed by atoms with van der Waals surface area (Å²) in [5.74, 6) is 0.0668. The summed E-state index contributed by atoms with van der Waals surface area (Å²) in [6.07, 6.45) is 5.54. The molecule has 0 radical (unpaired) electrons.